The maximum Gasteiger partial charge on any atom is 0.336 e. The van der Waals surface area contributed by atoms with Crippen molar-refractivity contribution in [1.29, 1.82) is 0 Å². The van der Waals surface area contributed by atoms with Crippen LogP contribution >= 0.6 is 7.60 Å². The molecule has 0 aromatic heterocycles. The molecule has 0 saturated heterocycles. The summed E-state index contributed by atoms with van der Waals surface area (Å²) in [6, 6.07) is 0. The molecule has 0 aliphatic carbocycles. The lowest BCUT2D eigenvalue weighted by molar-refractivity contribution is -0.139. The van der Waals surface area contributed by atoms with E-state index in [1.54, 1.807) is 0 Å². The standard InChI is InChI=1S/C5H9O5P.C4H10/c1-2-3-10-5(6)4-11(7,8)9;1-3-4-2/h2H,1,3-4H2,(H2,7,8,9);3-4H2,1-2H3. The van der Waals surface area contributed by atoms with Gasteiger partial charge in [-0.1, -0.05) is 39.3 Å². The van der Waals surface area contributed by atoms with E-state index in [-0.39, 0.29) is 6.61 Å². The van der Waals surface area contributed by atoms with E-state index in [0.29, 0.717) is 0 Å². The first-order valence-electron chi connectivity index (χ1n) is 4.68. The van der Waals surface area contributed by atoms with Gasteiger partial charge in [-0.25, -0.2) is 0 Å². The lowest BCUT2D eigenvalue weighted by Gasteiger charge is -2.02. The molecule has 0 aromatic rings. The molecule has 0 atom stereocenters. The maximum atomic E-state index is 10.5. The molecule has 0 radical (unpaired) electrons. The quantitative estimate of drug-likeness (QED) is 0.432. The lowest BCUT2D eigenvalue weighted by atomic mass is 10.4. The summed E-state index contributed by atoms with van der Waals surface area (Å²) in [7, 11) is -4.27. The average molecular weight is 238 g/mol. The minimum Gasteiger partial charge on any atom is -0.461 e. The Kier molecular flexibility index (Phi) is 11.1. The fraction of sp³-hybridized carbons (Fsp3) is 0.667. The van der Waals surface area contributed by atoms with Gasteiger partial charge in [0.05, 0.1) is 0 Å². The molecule has 6 heteroatoms. The molecular formula is C9H19O5P. The van der Waals surface area contributed by atoms with Gasteiger partial charge < -0.3 is 14.5 Å². The number of hydrogen-bond donors (Lipinski definition) is 2. The molecule has 0 saturated carbocycles. The fourth-order valence-electron chi connectivity index (χ4n) is 0.366. The molecule has 0 fully saturated rings. The van der Waals surface area contributed by atoms with Crippen molar-refractivity contribution in [1.82, 2.24) is 0 Å². The summed E-state index contributed by atoms with van der Waals surface area (Å²) in [5.41, 5.74) is 0. The van der Waals surface area contributed by atoms with Crippen LogP contribution in [0.2, 0.25) is 0 Å². The van der Waals surface area contributed by atoms with Crippen molar-refractivity contribution in [2.24, 2.45) is 0 Å². The zero-order valence-corrected chi connectivity index (χ0v) is 10.1. The Bertz CT molecular complexity index is 219. The van der Waals surface area contributed by atoms with Gasteiger partial charge in [0.25, 0.3) is 0 Å². The van der Waals surface area contributed by atoms with E-state index in [1.807, 2.05) is 0 Å². The molecule has 2 N–H and O–H groups in total. The van der Waals surface area contributed by atoms with Crippen LogP contribution in [0.25, 0.3) is 0 Å². The van der Waals surface area contributed by atoms with Crippen molar-refractivity contribution < 1.29 is 23.9 Å². The van der Waals surface area contributed by atoms with Crippen molar-refractivity contribution in [3.05, 3.63) is 12.7 Å². The number of unbranched alkanes of at least 4 members (excludes halogenated alkanes) is 1. The Labute approximate surface area is 90.3 Å². The van der Waals surface area contributed by atoms with Crippen molar-refractivity contribution >= 4 is 13.6 Å². The summed E-state index contributed by atoms with van der Waals surface area (Å²) in [6.07, 6.45) is 3.08. The highest BCUT2D eigenvalue weighted by Gasteiger charge is 2.19. The first-order chi connectivity index (χ1) is 6.87. The van der Waals surface area contributed by atoms with Gasteiger partial charge in [-0.3, -0.25) is 9.36 Å². The second-order valence-electron chi connectivity index (χ2n) is 2.79. The number of esters is 1. The smallest absolute Gasteiger partial charge is 0.336 e. The van der Waals surface area contributed by atoms with E-state index in [4.69, 9.17) is 9.79 Å². The topological polar surface area (TPSA) is 83.8 Å². The van der Waals surface area contributed by atoms with Gasteiger partial charge in [0.15, 0.2) is 0 Å². The molecule has 0 heterocycles. The van der Waals surface area contributed by atoms with Gasteiger partial charge in [0.2, 0.25) is 0 Å². The summed E-state index contributed by atoms with van der Waals surface area (Å²) in [6.45, 7) is 7.59. The van der Waals surface area contributed by atoms with Gasteiger partial charge in [-0.15, -0.1) is 0 Å². The molecule has 15 heavy (non-hydrogen) atoms. The maximum absolute atomic E-state index is 10.5. The number of carbonyl (C=O) groups is 1. The minimum atomic E-state index is -4.27. The van der Waals surface area contributed by atoms with E-state index in [9.17, 15) is 9.36 Å². The van der Waals surface area contributed by atoms with E-state index in [2.05, 4.69) is 25.2 Å². The van der Waals surface area contributed by atoms with E-state index in [1.165, 1.54) is 18.9 Å². The van der Waals surface area contributed by atoms with Crippen LogP contribution in [0, 0.1) is 0 Å². The monoisotopic (exact) mass is 238 g/mol. The van der Waals surface area contributed by atoms with Crippen LogP contribution in [-0.4, -0.2) is 28.5 Å². The molecule has 0 aromatic carbocycles. The first-order valence-corrected chi connectivity index (χ1v) is 6.48. The summed E-state index contributed by atoms with van der Waals surface area (Å²) in [5.74, 6) is -0.918. The molecular weight excluding hydrogens is 219 g/mol. The Morgan fingerprint density at radius 3 is 2.13 bits per heavy atom. The lowest BCUT2D eigenvalue weighted by Crippen LogP contribution is -2.09. The largest absolute Gasteiger partial charge is 0.461 e. The highest BCUT2D eigenvalue weighted by Crippen LogP contribution is 2.33. The van der Waals surface area contributed by atoms with Crippen LogP contribution in [0.5, 0.6) is 0 Å². The van der Waals surface area contributed by atoms with Crippen LogP contribution in [0.3, 0.4) is 0 Å². The number of carbonyl (C=O) groups excluding carboxylic acids is 1. The number of ether oxygens (including phenoxy) is 1. The molecule has 0 rings (SSSR count). The minimum absolute atomic E-state index is 0.0289. The first kappa shape index (κ1) is 16.8. The third-order valence-corrected chi connectivity index (χ3v) is 1.87. The van der Waals surface area contributed by atoms with E-state index >= 15 is 0 Å². The third-order valence-electron chi connectivity index (χ3n) is 1.20. The summed E-state index contributed by atoms with van der Waals surface area (Å²) < 4.78 is 14.5. The fourth-order valence-corrected chi connectivity index (χ4v) is 0.793. The van der Waals surface area contributed by atoms with Gasteiger partial charge in [-0.05, 0) is 0 Å². The van der Waals surface area contributed by atoms with Gasteiger partial charge in [0, 0.05) is 0 Å². The summed E-state index contributed by atoms with van der Waals surface area (Å²) in [4.78, 5) is 27.0. The Balaban J connectivity index is 0. The SMILES string of the molecule is C=CCOC(=O)CP(=O)(O)O.CCCC. The molecule has 0 spiro atoms. The molecule has 0 aliphatic heterocycles. The van der Waals surface area contributed by atoms with Crippen molar-refractivity contribution in [3.63, 3.8) is 0 Å². The molecule has 0 aliphatic rings. The van der Waals surface area contributed by atoms with Gasteiger partial charge in [-0.2, -0.15) is 0 Å². The zero-order valence-electron chi connectivity index (χ0n) is 9.18. The third kappa shape index (κ3) is 19.7. The second-order valence-corrected chi connectivity index (χ2v) is 4.44. The van der Waals surface area contributed by atoms with Crippen molar-refractivity contribution in [2.75, 3.05) is 12.8 Å². The zero-order chi connectivity index (χ0) is 12.3. The van der Waals surface area contributed by atoms with Gasteiger partial charge in [0.1, 0.15) is 12.8 Å². The highest BCUT2D eigenvalue weighted by molar-refractivity contribution is 7.52. The normalized spacial score (nSPS) is 9.87. The van der Waals surface area contributed by atoms with E-state index in [0.717, 1.165) is 0 Å². The summed E-state index contributed by atoms with van der Waals surface area (Å²) in [5, 5.41) is 0. The number of hydrogen-bond acceptors (Lipinski definition) is 3. The van der Waals surface area contributed by atoms with Crippen molar-refractivity contribution in [2.45, 2.75) is 26.7 Å². The highest BCUT2D eigenvalue weighted by atomic mass is 31.2. The molecule has 5 nitrogen and oxygen atoms in total. The van der Waals surface area contributed by atoms with E-state index < -0.39 is 19.7 Å². The predicted octanol–water partition coefficient (Wildman–Crippen LogP) is 1.70. The van der Waals surface area contributed by atoms with Crippen LogP contribution in [0.1, 0.15) is 26.7 Å². The molecule has 0 bridgehead atoms. The molecule has 90 valence electrons. The average Bonchev–Trinajstić information content (AvgIpc) is 2.12. The second kappa shape index (κ2) is 9.90. The van der Waals surface area contributed by atoms with Crippen LogP contribution in [0.4, 0.5) is 0 Å². The Morgan fingerprint density at radius 1 is 1.40 bits per heavy atom. The summed E-state index contributed by atoms with van der Waals surface area (Å²) >= 11 is 0. The molecule has 0 amide bonds. The van der Waals surface area contributed by atoms with Crippen LogP contribution in [0.15, 0.2) is 12.7 Å². The van der Waals surface area contributed by atoms with Crippen LogP contribution in [-0.2, 0) is 14.1 Å². The predicted molar refractivity (Wildman–Crippen MR) is 58.6 cm³/mol. The Hall–Kier alpha value is -0.640. The molecule has 0 unspecified atom stereocenters. The van der Waals surface area contributed by atoms with Crippen LogP contribution < -0.4 is 0 Å². The Morgan fingerprint density at radius 2 is 1.87 bits per heavy atom. The van der Waals surface area contributed by atoms with Crippen molar-refractivity contribution in [3.8, 4) is 0 Å². The number of rotatable bonds is 5. The van der Waals surface area contributed by atoms with Gasteiger partial charge >= 0.3 is 13.6 Å².